The van der Waals surface area contributed by atoms with E-state index in [0.717, 1.165) is 17.7 Å². The summed E-state index contributed by atoms with van der Waals surface area (Å²) in [6.07, 6.45) is 2.38. The molecule has 142 valence electrons. The van der Waals surface area contributed by atoms with Crippen molar-refractivity contribution in [2.75, 3.05) is 27.2 Å². The number of guanidine groups is 1. The third-order valence-electron chi connectivity index (χ3n) is 3.48. The van der Waals surface area contributed by atoms with Crippen LogP contribution >= 0.6 is 35.6 Å². The first-order valence-electron chi connectivity index (χ1n) is 8.04. The van der Waals surface area contributed by atoms with Crippen molar-refractivity contribution in [3.05, 3.63) is 59.0 Å². The summed E-state index contributed by atoms with van der Waals surface area (Å²) < 4.78 is 5.31. The Hall–Kier alpha value is -1.74. The van der Waals surface area contributed by atoms with Gasteiger partial charge in [-0.1, -0.05) is 23.7 Å². The highest BCUT2D eigenvalue weighted by atomic mass is 127. The predicted molar refractivity (Wildman–Crippen MR) is 115 cm³/mol. The summed E-state index contributed by atoms with van der Waals surface area (Å²) in [6.45, 7) is 1.32. The molecule has 2 rings (SSSR count). The molecule has 0 spiro atoms. The first-order chi connectivity index (χ1) is 12.0. The lowest BCUT2D eigenvalue weighted by atomic mass is 10.2. The summed E-state index contributed by atoms with van der Waals surface area (Å²) in [6, 6.07) is 11.3. The molecule has 0 aliphatic carbocycles. The van der Waals surface area contributed by atoms with Crippen molar-refractivity contribution in [2.45, 2.75) is 13.0 Å². The quantitative estimate of drug-likeness (QED) is 0.356. The number of aliphatic imine (C=N–C) groups is 1. The van der Waals surface area contributed by atoms with E-state index in [9.17, 15) is 4.79 Å². The first-order valence-corrected chi connectivity index (χ1v) is 8.41. The molecule has 6 nitrogen and oxygen atoms in total. The third-order valence-corrected chi connectivity index (χ3v) is 3.73. The molecule has 0 unspecified atom stereocenters. The fourth-order valence-electron chi connectivity index (χ4n) is 2.01. The highest BCUT2D eigenvalue weighted by molar-refractivity contribution is 14.0. The lowest BCUT2D eigenvalue weighted by Crippen LogP contribution is -2.43. The number of furan rings is 1. The molecule has 0 radical (unpaired) electrons. The summed E-state index contributed by atoms with van der Waals surface area (Å²) in [4.78, 5) is 17.8. The fraction of sp³-hybridized carbons (Fsp3) is 0.333. The maximum absolute atomic E-state index is 11.8. The maximum Gasteiger partial charge on any atom is 0.241 e. The van der Waals surface area contributed by atoms with Crippen molar-refractivity contribution in [3.8, 4) is 0 Å². The van der Waals surface area contributed by atoms with Crippen LogP contribution in [0.15, 0.2) is 52.1 Å². The summed E-state index contributed by atoms with van der Waals surface area (Å²) >= 11 is 5.89. The molecule has 0 aliphatic heterocycles. The average molecular weight is 491 g/mol. The Morgan fingerprint density at radius 3 is 2.54 bits per heavy atom. The van der Waals surface area contributed by atoms with Crippen molar-refractivity contribution in [1.82, 2.24) is 15.5 Å². The zero-order valence-electron chi connectivity index (χ0n) is 14.9. The van der Waals surface area contributed by atoms with E-state index in [0.29, 0.717) is 24.1 Å². The van der Waals surface area contributed by atoms with Crippen LogP contribution in [0.3, 0.4) is 0 Å². The Balaban J connectivity index is 0.00000338. The van der Waals surface area contributed by atoms with Gasteiger partial charge in [-0.15, -0.1) is 24.0 Å². The van der Waals surface area contributed by atoms with E-state index in [-0.39, 0.29) is 36.4 Å². The summed E-state index contributed by atoms with van der Waals surface area (Å²) in [5, 5.41) is 6.96. The number of carbonyl (C=O) groups is 1. The van der Waals surface area contributed by atoms with Gasteiger partial charge in [0.15, 0.2) is 5.96 Å². The maximum atomic E-state index is 11.8. The Kier molecular flexibility index (Phi) is 10.1. The van der Waals surface area contributed by atoms with Crippen molar-refractivity contribution < 1.29 is 9.21 Å². The summed E-state index contributed by atoms with van der Waals surface area (Å²) in [5.74, 6) is 1.46. The van der Waals surface area contributed by atoms with Gasteiger partial charge in [0.25, 0.3) is 0 Å². The van der Waals surface area contributed by atoms with Gasteiger partial charge < -0.3 is 20.0 Å². The molecule has 0 saturated carbocycles. The van der Waals surface area contributed by atoms with Gasteiger partial charge in [0.05, 0.1) is 19.4 Å². The second-order valence-electron chi connectivity index (χ2n) is 5.69. The number of hydrogen-bond acceptors (Lipinski definition) is 3. The number of halogens is 2. The summed E-state index contributed by atoms with van der Waals surface area (Å²) in [5.41, 5.74) is 1.04. The standard InChI is InChI=1S/C18H23ClN4O2.HI/c1-23(2)17(24)13-22-18(20-10-9-16-4-3-11-25-16)21-12-14-5-7-15(19)8-6-14;/h3-8,11H,9-10,12-13H2,1-2H3,(H2,20,21,22);1H. The zero-order chi connectivity index (χ0) is 18.1. The Morgan fingerprint density at radius 1 is 1.19 bits per heavy atom. The van der Waals surface area contributed by atoms with Crippen LogP contribution in [0.2, 0.25) is 5.02 Å². The average Bonchev–Trinajstić information content (AvgIpc) is 3.11. The molecule has 1 heterocycles. The lowest BCUT2D eigenvalue weighted by Gasteiger charge is -2.14. The molecule has 8 heteroatoms. The molecule has 1 aromatic heterocycles. The topological polar surface area (TPSA) is 69.9 Å². The van der Waals surface area contributed by atoms with E-state index in [1.54, 1.807) is 20.4 Å². The van der Waals surface area contributed by atoms with Crippen molar-refractivity contribution in [1.29, 1.82) is 0 Å². The number of hydrogen-bond donors (Lipinski definition) is 2. The Bertz CT molecular complexity index is 688. The van der Waals surface area contributed by atoms with Gasteiger partial charge in [0.2, 0.25) is 5.91 Å². The van der Waals surface area contributed by atoms with Crippen LogP contribution in [-0.2, 0) is 17.8 Å². The zero-order valence-corrected chi connectivity index (χ0v) is 18.0. The first kappa shape index (κ1) is 22.3. The summed E-state index contributed by atoms with van der Waals surface area (Å²) in [7, 11) is 3.44. The van der Waals surface area contributed by atoms with Crippen LogP contribution in [-0.4, -0.2) is 44.0 Å². The fourth-order valence-corrected chi connectivity index (χ4v) is 2.14. The predicted octanol–water partition coefficient (Wildman–Crippen LogP) is 2.92. The molecule has 0 atom stereocenters. The Morgan fingerprint density at radius 2 is 1.92 bits per heavy atom. The number of amides is 1. The van der Waals surface area contributed by atoms with Crippen LogP contribution in [0.1, 0.15) is 11.3 Å². The van der Waals surface area contributed by atoms with Gasteiger partial charge >= 0.3 is 0 Å². The van der Waals surface area contributed by atoms with E-state index in [4.69, 9.17) is 16.0 Å². The third kappa shape index (κ3) is 8.09. The molecule has 2 N–H and O–H groups in total. The number of likely N-dealkylation sites (N-methyl/N-ethyl adjacent to an activating group) is 1. The molecular weight excluding hydrogens is 467 g/mol. The second-order valence-corrected chi connectivity index (χ2v) is 6.13. The van der Waals surface area contributed by atoms with Gasteiger partial charge in [-0.2, -0.15) is 0 Å². The largest absolute Gasteiger partial charge is 0.469 e. The SMILES string of the molecule is CN(C)C(=O)CNC(=NCc1ccc(Cl)cc1)NCCc1ccco1.I. The van der Waals surface area contributed by atoms with Crippen molar-refractivity contribution in [3.63, 3.8) is 0 Å². The van der Waals surface area contributed by atoms with Crippen LogP contribution in [0.4, 0.5) is 0 Å². The number of rotatable bonds is 7. The molecule has 0 saturated heterocycles. The number of nitrogens with zero attached hydrogens (tertiary/aromatic N) is 2. The Labute approximate surface area is 176 Å². The highest BCUT2D eigenvalue weighted by Crippen LogP contribution is 2.10. The molecule has 1 amide bonds. The van der Waals surface area contributed by atoms with Crippen LogP contribution in [0.5, 0.6) is 0 Å². The van der Waals surface area contributed by atoms with Gasteiger partial charge in [0, 0.05) is 32.1 Å². The number of nitrogens with one attached hydrogen (secondary N) is 2. The minimum Gasteiger partial charge on any atom is -0.469 e. The molecule has 0 aliphatic rings. The molecule has 1 aromatic carbocycles. The van der Waals surface area contributed by atoms with Gasteiger partial charge in [-0.05, 0) is 29.8 Å². The normalized spacial score (nSPS) is 10.8. The lowest BCUT2D eigenvalue weighted by molar-refractivity contribution is -0.127. The number of benzene rings is 1. The van der Waals surface area contributed by atoms with E-state index in [1.165, 1.54) is 4.90 Å². The monoisotopic (exact) mass is 490 g/mol. The number of carbonyl (C=O) groups excluding carboxylic acids is 1. The van der Waals surface area contributed by atoms with E-state index in [2.05, 4.69) is 15.6 Å². The van der Waals surface area contributed by atoms with Gasteiger partial charge in [-0.25, -0.2) is 4.99 Å². The van der Waals surface area contributed by atoms with Crippen molar-refractivity contribution in [2.24, 2.45) is 4.99 Å². The molecule has 26 heavy (non-hydrogen) atoms. The molecule has 0 fully saturated rings. The van der Waals surface area contributed by atoms with Crippen LogP contribution in [0, 0.1) is 0 Å². The molecule has 2 aromatic rings. The van der Waals surface area contributed by atoms with E-state index >= 15 is 0 Å². The van der Waals surface area contributed by atoms with E-state index < -0.39 is 0 Å². The smallest absolute Gasteiger partial charge is 0.241 e. The van der Waals surface area contributed by atoms with E-state index in [1.807, 2.05) is 36.4 Å². The van der Waals surface area contributed by atoms with Crippen LogP contribution in [0.25, 0.3) is 0 Å². The van der Waals surface area contributed by atoms with Crippen molar-refractivity contribution >= 4 is 47.4 Å². The van der Waals surface area contributed by atoms with Gasteiger partial charge in [-0.3, -0.25) is 4.79 Å². The van der Waals surface area contributed by atoms with Gasteiger partial charge in [0.1, 0.15) is 5.76 Å². The molecular formula is C18H24ClIN4O2. The second kappa shape index (κ2) is 11.8. The molecule has 0 bridgehead atoms. The minimum atomic E-state index is -0.0213. The van der Waals surface area contributed by atoms with Crippen LogP contribution < -0.4 is 10.6 Å². The minimum absolute atomic E-state index is 0. The highest BCUT2D eigenvalue weighted by Gasteiger charge is 2.06.